The molecule has 32 heavy (non-hydrogen) atoms. The number of carbonyl (C=O) groups excluding carboxylic acids is 2. The number of aromatic nitrogens is 2. The van der Waals surface area contributed by atoms with E-state index in [0.29, 0.717) is 29.0 Å². The molecule has 0 aliphatic carbocycles. The molecule has 3 aromatic rings. The lowest BCUT2D eigenvalue weighted by Gasteiger charge is -2.20. The Morgan fingerprint density at radius 2 is 1.97 bits per heavy atom. The van der Waals surface area contributed by atoms with Gasteiger partial charge in [0.2, 0.25) is 0 Å². The number of rotatable bonds is 4. The molecule has 0 spiro atoms. The van der Waals surface area contributed by atoms with Crippen molar-refractivity contribution in [2.45, 2.75) is 12.6 Å². The zero-order valence-corrected chi connectivity index (χ0v) is 17.3. The molecule has 10 heteroatoms. The lowest BCUT2D eigenvalue weighted by Crippen LogP contribution is -2.52. The first-order valence-electron chi connectivity index (χ1n) is 9.84. The number of hydrogen-bond acceptors (Lipinski definition) is 6. The molecule has 0 bridgehead atoms. The first-order chi connectivity index (χ1) is 15.5. The molecule has 4 rings (SSSR count). The zero-order valence-electron chi connectivity index (χ0n) is 17.3. The van der Waals surface area contributed by atoms with Crippen LogP contribution in [0.2, 0.25) is 0 Å². The molecule has 2 amide bonds. The third kappa shape index (κ3) is 4.53. The summed E-state index contributed by atoms with van der Waals surface area (Å²) >= 11 is 0. The smallest absolute Gasteiger partial charge is 0.287 e. The summed E-state index contributed by atoms with van der Waals surface area (Å²) in [6.07, 6.45) is 4.37. The number of likely N-dealkylation sites (N-methyl/N-ethyl adjacent to an activating group) is 1. The van der Waals surface area contributed by atoms with Gasteiger partial charge in [0, 0.05) is 25.5 Å². The van der Waals surface area contributed by atoms with Crippen LogP contribution in [0.5, 0.6) is 5.75 Å². The van der Waals surface area contributed by atoms with Crippen molar-refractivity contribution in [3.63, 3.8) is 0 Å². The third-order valence-electron chi connectivity index (χ3n) is 4.88. The van der Waals surface area contributed by atoms with E-state index >= 15 is 0 Å². The Balaban J connectivity index is 1.43. The molecule has 1 aliphatic heterocycles. The Hall–Kier alpha value is -4.34. The highest BCUT2D eigenvalue weighted by atomic mass is 16.5. The van der Waals surface area contributed by atoms with Crippen molar-refractivity contribution in [2.24, 2.45) is 15.7 Å². The van der Waals surface area contributed by atoms with E-state index in [2.05, 4.69) is 25.3 Å². The van der Waals surface area contributed by atoms with Crippen molar-refractivity contribution >= 4 is 40.7 Å². The highest BCUT2D eigenvalue weighted by Gasteiger charge is 2.31. The highest BCUT2D eigenvalue weighted by Crippen LogP contribution is 2.33. The number of amides is 2. The van der Waals surface area contributed by atoms with E-state index < -0.39 is 11.9 Å². The first kappa shape index (κ1) is 20.9. The van der Waals surface area contributed by atoms with E-state index in [1.54, 1.807) is 31.6 Å². The van der Waals surface area contributed by atoms with E-state index in [0.717, 1.165) is 5.56 Å². The van der Waals surface area contributed by atoms with Crippen LogP contribution in [-0.2, 0) is 16.1 Å². The number of ether oxygens (including phenoxy) is 1. The second kappa shape index (κ2) is 9.21. The van der Waals surface area contributed by atoms with E-state index in [1.165, 1.54) is 11.2 Å². The second-order valence-electron chi connectivity index (χ2n) is 7.06. The summed E-state index contributed by atoms with van der Waals surface area (Å²) < 4.78 is 5.79. The van der Waals surface area contributed by atoms with Crippen molar-refractivity contribution in [3.8, 4) is 5.75 Å². The number of nitrogens with two attached hydrogens (primary N) is 1. The van der Waals surface area contributed by atoms with Crippen LogP contribution in [0.3, 0.4) is 0 Å². The summed E-state index contributed by atoms with van der Waals surface area (Å²) in [5, 5.41) is 2.57. The van der Waals surface area contributed by atoms with Crippen LogP contribution in [0.4, 0.5) is 5.69 Å². The molecular weight excluding hydrogens is 410 g/mol. The quantitative estimate of drug-likeness (QED) is 0.468. The monoisotopic (exact) mass is 431 g/mol. The standard InChI is InChI=1S/C22H21N7O3/c1-29-18-9-15-16(26-8-7-25-15)10-19(18)32-12-17(22(29)31)28-21(30)20(23)27-13-24-11-14-5-3-2-4-6-14/h2-10,13,17H,11-12H2,1H3,(H,28,30)(H2,23,24,27). The van der Waals surface area contributed by atoms with Gasteiger partial charge in [0.1, 0.15) is 24.7 Å². The number of fused-ring (bicyclic) bond motifs is 2. The number of benzene rings is 2. The summed E-state index contributed by atoms with van der Waals surface area (Å²) in [7, 11) is 1.60. The number of amidine groups is 1. The van der Waals surface area contributed by atoms with Crippen LogP contribution in [0.25, 0.3) is 11.0 Å². The third-order valence-corrected chi connectivity index (χ3v) is 4.88. The molecule has 10 nitrogen and oxygen atoms in total. The minimum Gasteiger partial charge on any atom is -0.489 e. The molecule has 2 heterocycles. The maximum atomic E-state index is 12.9. The molecule has 1 unspecified atom stereocenters. The largest absolute Gasteiger partial charge is 0.489 e. The summed E-state index contributed by atoms with van der Waals surface area (Å²) in [4.78, 5) is 43.2. The molecule has 0 radical (unpaired) electrons. The number of carbonyl (C=O) groups is 2. The first-order valence-corrected chi connectivity index (χ1v) is 9.84. The number of hydrogen-bond donors (Lipinski definition) is 2. The predicted molar refractivity (Wildman–Crippen MR) is 121 cm³/mol. The van der Waals surface area contributed by atoms with Crippen LogP contribution in [0.1, 0.15) is 5.56 Å². The Kier molecular flexibility index (Phi) is 6.02. The van der Waals surface area contributed by atoms with Crippen molar-refractivity contribution in [1.29, 1.82) is 0 Å². The van der Waals surface area contributed by atoms with Gasteiger partial charge in [-0.25, -0.2) is 4.99 Å². The average molecular weight is 431 g/mol. The number of nitrogens with one attached hydrogen (secondary N) is 1. The van der Waals surface area contributed by atoms with Crippen molar-refractivity contribution in [3.05, 3.63) is 60.4 Å². The van der Waals surface area contributed by atoms with Crippen molar-refractivity contribution < 1.29 is 14.3 Å². The van der Waals surface area contributed by atoms with Gasteiger partial charge in [0.25, 0.3) is 11.8 Å². The Morgan fingerprint density at radius 3 is 2.72 bits per heavy atom. The minimum atomic E-state index is -0.945. The van der Waals surface area contributed by atoms with Crippen LogP contribution in [0, 0.1) is 0 Å². The fraction of sp³-hybridized carbons (Fsp3) is 0.182. The number of aliphatic imine (C=N–C) groups is 2. The van der Waals surface area contributed by atoms with Crippen LogP contribution < -0.4 is 20.7 Å². The van der Waals surface area contributed by atoms with Gasteiger partial charge < -0.3 is 20.7 Å². The average Bonchev–Trinajstić information content (AvgIpc) is 2.93. The number of nitrogens with zero attached hydrogens (tertiary/aromatic N) is 5. The molecule has 0 saturated heterocycles. The van der Waals surface area contributed by atoms with Gasteiger partial charge >= 0.3 is 0 Å². The predicted octanol–water partition coefficient (Wildman–Crippen LogP) is 1.06. The Labute approximate surface area is 183 Å². The van der Waals surface area contributed by atoms with Crippen LogP contribution >= 0.6 is 0 Å². The fourth-order valence-corrected chi connectivity index (χ4v) is 3.18. The van der Waals surface area contributed by atoms with E-state index in [9.17, 15) is 9.59 Å². The summed E-state index contributed by atoms with van der Waals surface area (Å²) in [5.41, 5.74) is 8.56. The topological polar surface area (TPSA) is 135 Å². The van der Waals surface area contributed by atoms with Gasteiger partial charge in [-0.15, -0.1) is 0 Å². The number of anilines is 1. The summed E-state index contributed by atoms with van der Waals surface area (Å²) in [5.74, 6) is -0.879. The SMILES string of the molecule is CN1C(=O)C(NC(=O)C(N)=NC=NCc2ccccc2)COc2cc3nccnc3cc21. The molecule has 1 aliphatic rings. The lowest BCUT2D eigenvalue weighted by molar-refractivity contribution is -0.124. The van der Waals surface area contributed by atoms with Gasteiger partial charge in [-0.1, -0.05) is 30.3 Å². The molecular formula is C22H21N7O3. The fourth-order valence-electron chi connectivity index (χ4n) is 3.18. The summed E-state index contributed by atoms with van der Waals surface area (Å²) in [6.45, 7) is 0.346. The Bertz CT molecular complexity index is 1210. The second-order valence-corrected chi connectivity index (χ2v) is 7.06. The Morgan fingerprint density at radius 1 is 1.25 bits per heavy atom. The molecule has 2 aromatic carbocycles. The molecule has 0 fully saturated rings. The highest BCUT2D eigenvalue weighted by molar-refractivity contribution is 6.38. The van der Waals surface area contributed by atoms with Crippen LogP contribution in [-0.4, -0.2) is 53.7 Å². The lowest BCUT2D eigenvalue weighted by atomic mass is 10.2. The normalized spacial score (nSPS) is 16.5. The summed E-state index contributed by atoms with van der Waals surface area (Å²) in [6, 6.07) is 12.1. The molecule has 162 valence electrons. The zero-order chi connectivity index (χ0) is 22.5. The van der Waals surface area contributed by atoms with Crippen molar-refractivity contribution in [2.75, 3.05) is 18.6 Å². The van der Waals surface area contributed by atoms with Crippen LogP contribution in [0.15, 0.2) is 64.8 Å². The van der Waals surface area contributed by atoms with E-state index in [-0.39, 0.29) is 18.3 Å². The van der Waals surface area contributed by atoms with Gasteiger partial charge in [0.05, 0.1) is 23.3 Å². The van der Waals surface area contributed by atoms with E-state index in [1.807, 2.05) is 30.3 Å². The minimum absolute atomic E-state index is 0.0664. The van der Waals surface area contributed by atoms with Gasteiger partial charge in [-0.3, -0.25) is 24.5 Å². The molecule has 1 aromatic heterocycles. The maximum absolute atomic E-state index is 12.9. The molecule has 1 atom stereocenters. The van der Waals surface area contributed by atoms with Gasteiger partial charge in [0.15, 0.2) is 5.84 Å². The van der Waals surface area contributed by atoms with Gasteiger partial charge in [-0.2, -0.15) is 0 Å². The van der Waals surface area contributed by atoms with Gasteiger partial charge in [-0.05, 0) is 11.6 Å². The van der Waals surface area contributed by atoms with Crippen molar-refractivity contribution in [1.82, 2.24) is 15.3 Å². The molecule has 0 saturated carbocycles. The molecule has 3 N–H and O–H groups in total. The van der Waals surface area contributed by atoms with E-state index in [4.69, 9.17) is 10.5 Å². The maximum Gasteiger partial charge on any atom is 0.287 e.